The maximum absolute atomic E-state index is 11.8. The molecule has 1 heterocycles. The van der Waals surface area contributed by atoms with Gasteiger partial charge in [0.15, 0.2) is 0 Å². The molecule has 1 atom stereocenters. The fraction of sp³-hybridized carbons (Fsp3) is 0.562. The molecular formula is C16H23BrN2O. The SMILES string of the molecule is CCC(Br)C(=O)Nc1ccc(CN2CCCCC2)cc1. The summed E-state index contributed by atoms with van der Waals surface area (Å²) in [4.78, 5) is 14.2. The van der Waals surface area contributed by atoms with Crippen LogP contribution in [0.1, 0.15) is 38.2 Å². The van der Waals surface area contributed by atoms with E-state index in [1.54, 1.807) is 0 Å². The van der Waals surface area contributed by atoms with Crippen molar-refractivity contribution in [3.8, 4) is 0 Å². The van der Waals surface area contributed by atoms with Crippen LogP contribution in [-0.4, -0.2) is 28.7 Å². The van der Waals surface area contributed by atoms with Gasteiger partial charge in [0.2, 0.25) is 5.91 Å². The molecule has 0 radical (unpaired) electrons. The highest BCUT2D eigenvalue weighted by molar-refractivity contribution is 9.10. The molecule has 1 unspecified atom stereocenters. The fourth-order valence-electron chi connectivity index (χ4n) is 2.48. The Morgan fingerprint density at radius 2 is 1.90 bits per heavy atom. The number of alkyl halides is 1. The van der Waals surface area contributed by atoms with E-state index in [0.29, 0.717) is 0 Å². The summed E-state index contributed by atoms with van der Waals surface area (Å²) in [5.74, 6) is 0.0243. The first-order valence-electron chi connectivity index (χ1n) is 7.45. The Morgan fingerprint density at radius 1 is 1.25 bits per heavy atom. The number of anilines is 1. The molecule has 20 heavy (non-hydrogen) atoms. The number of benzene rings is 1. The van der Waals surface area contributed by atoms with Gasteiger partial charge in [-0.05, 0) is 50.0 Å². The van der Waals surface area contributed by atoms with E-state index >= 15 is 0 Å². The van der Waals surface area contributed by atoms with Crippen molar-refractivity contribution in [2.24, 2.45) is 0 Å². The zero-order valence-corrected chi connectivity index (χ0v) is 13.7. The zero-order valence-electron chi connectivity index (χ0n) is 12.1. The number of nitrogens with one attached hydrogen (secondary N) is 1. The molecule has 4 heteroatoms. The largest absolute Gasteiger partial charge is 0.325 e. The van der Waals surface area contributed by atoms with Crippen molar-refractivity contribution in [2.75, 3.05) is 18.4 Å². The lowest BCUT2D eigenvalue weighted by Gasteiger charge is -2.26. The van der Waals surface area contributed by atoms with Gasteiger partial charge >= 0.3 is 0 Å². The summed E-state index contributed by atoms with van der Waals surface area (Å²) < 4.78 is 0. The molecule has 1 aromatic rings. The molecular weight excluding hydrogens is 316 g/mol. The third-order valence-electron chi connectivity index (χ3n) is 3.72. The normalized spacial score (nSPS) is 17.7. The number of amides is 1. The molecule has 2 rings (SSSR count). The second-order valence-corrected chi connectivity index (χ2v) is 6.50. The van der Waals surface area contributed by atoms with Gasteiger partial charge in [0.05, 0.1) is 4.83 Å². The number of nitrogens with zero attached hydrogens (tertiary/aromatic N) is 1. The summed E-state index contributed by atoms with van der Waals surface area (Å²) in [6.07, 6.45) is 4.79. The molecule has 3 nitrogen and oxygen atoms in total. The summed E-state index contributed by atoms with van der Waals surface area (Å²) >= 11 is 3.36. The van der Waals surface area contributed by atoms with Crippen molar-refractivity contribution in [2.45, 2.75) is 44.0 Å². The predicted molar refractivity (Wildman–Crippen MR) is 87.2 cm³/mol. The van der Waals surface area contributed by atoms with Crippen molar-refractivity contribution >= 4 is 27.5 Å². The summed E-state index contributed by atoms with van der Waals surface area (Å²) in [5.41, 5.74) is 2.19. The van der Waals surface area contributed by atoms with E-state index in [4.69, 9.17) is 0 Å². The Bertz CT molecular complexity index is 427. The minimum Gasteiger partial charge on any atom is -0.325 e. The number of hydrogen-bond acceptors (Lipinski definition) is 2. The molecule has 1 amide bonds. The molecule has 0 aliphatic carbocycles. The van der Waals surface area contributed by atoms with Crippen molar-refractivity contribution in [1.29, 1.82) is 0 Å². The molecule has 0 spiro atoms. The zero-order chi connectivity index (χ0) is 14.4. The highest BCUT2D eigenvalue weighted by Crippen LogP contribution is 2.16. The number of halogens is 1. The van der Waals surface area contributed by atoms with E-state index < -0.39 is 0 Å². The first-order chi connectivity index (χ1) is 9.69. The highest BCUT2D eigenvalue weighted by Gasteiger charge is 2.13. The topological polar surface area (TPSA) is 32.3 Å². The van der Waals surface area contributed by atoms with E-state index in [-0.39, 0.29) is 10.7 Å². The van der Waals surface area contributed by atoms with Crippen molar-refractivity contribution < 1.29 is 4.79 Å². The molecule has 0 aromatic heterocycles. The standard InChI is InChI=1S/C16H23BrN2O/c1-2-15(17)16(20)18-14-8-6-13(7-9-14)12-19-10-4-3-5-11-19/h6-9,15H,2-5,10-12H2,1H3,(H,18,20). The number of hydrogen-bond donors (Lipinski definition) is 1. The first-order valence-corrected chi connectivity index (χ1v) is 8.37. The van der Waals surface area contributed by atoms with Crippen molar-refractivity contribution in [3.63, 3.8) is 0 Å². The highest BCUT2D eigenvalue weighted by atomic mass is 79.9. The summed E-state index contributed by atoms with van der Waals surface area (Å²) in [6.45, 7) is 5.42. The van der Waals surface area contributed by atoms with Crippen LogP contribution in [0.4, 0.5) is 5.69 Å². The van der Waals surface area contributed by atoms with Crippen molar-refractivity contribution in [3.05, 3.63) is 29.8 Å². The molecule has 110 valence electrons. The van der Waals surface area contributed by atoms with E-state index in [2.05, 4.69) is 38.3 Å². The lowest BCUT2D eigenvalue weighted by atomic mass is 10.1. The van der Waals surface area contributed by atoms with E-state index in [1.165, 1.54) is 37.9 Å². The quantitative estimate of drug-likeness (QED) is 0.828. The molecule has 1 saturated heterocycles. The second-order valence-electron chi connectivity index (χ2n) is 5.40. The summed E-state index contributed by atoms with van der Waals surface area (Å²) in [5, 5.41) is 2.92. The average Bonchev–Trinajstić information content (AvgIpc) is 2.49. The van der Waals surface area contributed by atoms with E-state index in [9.17, 15) is 4.79 Å². The molecule has 0 saturated carbocycles. The van der Waals surface area contributed by atoms with Gasteiger partial charge in [-0.1, -0.05) is 41.4 Å². The monoisotopic (exact) mass is 338 g/mol. The first kappa shape index (κ1) is 15.5. The fourth-order valence-corrected chi connectivity index (χ4v) is 2.59. The number of piperidine rings is 1. The van der Waals surface area contributed by atoms with Gasteiger partial charge < -0.3 is 5.32 Å². The number of likely N-dealkylation sites (tertiary alicyclic amines) is 1. The average molecular weight is 339 g/mol. The lowest BCUT2D eigenvalue weighted by molar-refractivity contribution is -0.115. The Balaban J connectivity index is 1.87. The maximum Gasteiger partial charge on any atom is 0.238 e. The van der Waals surface area contributed by atoms with Gasteiger partial charge in [-0.15, -0.1) is 0 Å². The van der Waals surface area contributed by atoms with Gasteiger partial charge in [0.25, 0.3) is 0 Å². The van der Waals surface area contributed by atoms with Crippen LogP contribution in [0.2, 0.25) is 0 Å². The molecule has 1 aliphatic rings. The van der Waals surface area contributed by atoms with Crippen LogP contribution in [0.3, 0.4) is 0 Å². The molecule has 1 aromatic carbocycles. The molecule has 1 fully saturated rings. The van der Waals surface area contributed by atoms with Crippen LogP contribution in [0, 0.1) is 0 Å². The number of carbonyl (C=O) groups excluding carboxylic acids is 1. The minimum atomic E-state index is -0.115. The van der Waals surface area contributed by atoms with Crippen LogP contribution in [0.5, 0.6) is 0 Å². The van der Waals surface area contributed by atoms with E-state index in [0.717, 1.165) is 18.7 Å². The van der Waals surface area contributed by atoms with Gasteiger partial charge in [-0.25, -0.2) is 0 Å². The van der Waals surface area contributed by atoms with Gasteiger partial charge in [-0.3, -0.25) is 9.69 Å². The molecule has 1 N–H and O–H groups in total. The Hall–Kier alpha value is -0.870. The van der Waals surface area contributed by atoms with E-state index in [1.807, 2.05) is 19.1 Å². The predicted octanol–water partition coefficient (Wildman–Crippen LogP) is 3.78. The lowest BCUT2D eigenvalue weighted by Crippen LogP contribution is -2.29. The Labute approximate surface area is 129 Å². The Morgan fingerprint density at radius 3 is 2.50 bits per heavy atom. The minimum absolute atomic E-state index is 0.0243. The van der Waals surface area contributed by atoms with Gasteiger partial charge in [-0.2, -0.15) is 0 Å². The number of carbonyl (C=O) groups is 1. The Kier molecular flexibility index (Phi) is 6.05. The molecule has 1 aliphatic heterocycles. The number of rotatable bonds is 5. The second kappa shape index (κ2) is 7.79. The van der Waals surface area contributed by atoms with Crippen LogP contribution < -0.4 is 5.32 Å². The molecule has 0 bridgehead atoms. The third-order valence-corrected chi connectivity index (χ3v) is 4.78. The van der Waals surface area contributed by atoms with Crippen LogP contribution >= 0.6 is 15.9 Å². The third kappa shape index (κ3) is 4.60. The van der Waals surface area contributed by atoms with Crippen molar-refractivity contribution in [1.82, 2.24) is 4.90 Å². The summed E-state index contributed by atoms with van der Waals surface area (Å²) in [6, 6.07) is 8.21. The van der Waals surface area contributed by atoms with Crippen LogP contribution in [-0.2, 0) is 11.3 Å². The van der Waals surface area contributed by atoms with Gasteiger partial charge in [0, 0.05) is 12.2 Å². The van der Waals surface area contributed by atoms with Gasteiger partial charge in [0.1, 0.15) is 0 Å². The maximum atomic E-state index is 11.8. The smallest absolute Gasteiger partial charge is 0.238 e. The van der Waals surface area contributed by atoms with Crippen LogP contribution in [0.25, 0.3) is 0 Å². The summed E-state index contributed by atoms with van der Waals surface area (Å²) in [7, 11) is 0. The van der Waals surface area contributed by atoms with Crippen LogP contribution in [0.15, 0.2) is 24.3 Å².